The maximum absolute atomic E-state index is 12.0. The number of ether oxygens (including phenoxy) is 1. The third-order valence-electron chi connectivity index (χ3n) is 5.79. The van der Waals surface area contributed by atoms with Crippen molar-refractivity contribution in [3.8, 4) is 0 Å². The number of furan rings is 1. The first kappa shape index (κ1) is 21.6. The van der Waals surface area contributed by atoms with Gasteiger partial charge in [-0.2, -0.15) is 0 Å². The van der Waals surface area contributed by atoms with Crippen LogP contribution in [0.4, 0.5) is 0 Å². The number of carbonyl (C=O) groups is 2. The molecule has 4 aromatic rings. The van der Waals surface area contributed by atoms with Crippen molar-refractivity contribution < 1.29 is 29.0 Å². The highest BCUT2D eigenvalue weighted by molar-refractivity contribution is 6.05. The number of benzene rings is 3. The third-order valence-corrected chi connectivity index (χ3v) is 5.79. The zero-order valence-corrected chi connectivity index (χ0v) is 17.7. The molecular weight excluding hydrogens is 408 g/mol. The average Bonchev–Trinajstić information content (AvgIpc) is 3.13. The number of fused-ring (bicyclic) bond motifs is 3. The van der Waals surface area contributed by atoms with Gasteiger partial charge in [0.05, 0.1) is 18.4 Å². The Morgan fingerprint density at radius 1 is 0.781 bits per heavy atom. The molecule has 0 bridgehead atoms. The second kappa shape index (κ2) is 9.24. The summed E-state index contributed by atoms with van der Waals surface area (Å²) in [7, 11) is 1.64. The summed E-state index contributed by atoms with van der Waals surface area (Å²) < 4.78 is 11.2. The van der Waals surface area contributed by atoms with Gasteiger partial charge in [-0.1, -0.05) is 54.6 Å². The van der Waals surface area contributed by atoms with Crippen LogP contribution in [0.1, 0.15) is 16.7 Å². The van der Waals surface area contributed by atoms with E-state index in [1.807, 2.05) is 66.7 Å². The van der Waals surface area contributed by atoms with Crippen molar-refractivity contribution in [3.05, 3.63) is 83.4 Å². The lowest BCUT2D eigenvalue weighted by molar-refractivity contribution is -0.153. The molecule has 3 aromatic carbocycles. The van der Waals surface area contributed by atoms with Crippen molar-refractivity contribution in [1.29, 1.82) is 0 Å². The van der Waals surface area contributed by atoms with Gasteiger partial charge in [0, 0.05) is 17.9 Å². The Morgan fingerprint density at radius 2 is 1.31 bits per heavy atom. The molecule has 32 heavy (non-hydrogen) atoms. The Labute approximate surface area is 185 Å². The summed E-state index contributed by atoms with van der Waals surface area (Å²) in [5.74, 6) is -4.35. The van der Waals surface area contributed by atoms with Gasteiger partial charge in [0.25, 0.3) is 0 Å². The van der Waals surface area contributed by atoms with E-state index >= 15 is 0 Å². The first-order chi connectivity index (χ1) is 15.5. The third kappa shape index (κ3) is 4.50. The summed E-state index contributed by atoms with van der Waals surface area (Å²) in [5.41, 5.74) is 3.89. The van der Waals surface area contributed by atoms with Crippen molar-refractivity contribution in [1.82, 2.24) is 0 Å². The number of rotatable bonds is 9. The molecule has 0 aliphatic carbocycles. The minimum Gasteiger partial charge on any atom is -0.481 e. The van der Waals surface area contributed by atoms with Gasteiger partial charge in [-0.3, -0.25) is 9.59 Å². The van der Waals surface area contributed by atoms with Gasteiger partial charge in [-0.15, -0.1) is 0 Å². The van der Waals surface area contributed by atoms with Gasteiger partial charge in [0.1, 0.15) is 11.2 Å². The fraction of sp³-hybridized carbons (Fsp3) is 0.231. The molecule has 164 valence electrons. The first-order valence-electron chi connectivity index (χ1n) is 10.4. The molecule has 0 radical (unpaired) electrons. The zero-order chi connectivity index (χ0) is 22.7. The van der Waals surface area contributed by atoms with Crippen LogP contribution in [0.25, 0.3) is 21.9 Å². The normalized spacial score (nSPS) is 13.3. The second-order valence-electron chi connectivity index (χ2n) is 7.98. The summed E-state index contributed by atoms with van der Waals surface area (Å²) >= 11 is 0. The SMILES string of the molecule is COCc1ccc2c(c1)oc1cc(C[C@H](C(=O)O)[C@H](Cc3ccccc3)C(=O)O)ccc12. The number of carboxylic acid groups (broad SMARTS) is 2. The molecule has 2 N–H and O–H groups in total. The van der Waals surface area contributed by atoms with E-state index in [1.54, 1.807) is 7.11 Å². The van der Waals surface area contributed by atoms with Gasteiger partial charge < -0.3 is 19.4 Å². The summed E-state index contributed by atoms with van der Waals surface area (Å²) in [4.78, 5) is 24.0. The van der Waals surface area contributed by atoms with E-state index in [-0.39, 0.29) is 12.8 Å². The smallest absolute Gasteiger partial charge is 0.307 e. The highest BCUT2D eigenvalue weighted by atomic mass is 16.5. The molecule has 0 amide bonds. The Kier molecular flexibility index (Phi) is 6.23. The number of carboxylic acids is 2. The van der Waals surface area contributed by atoms with Crippen LogP contribution in [0.3, 0.4) is 0 Å². The van der Waals surface area contributed by atoms with Crippen LogP contribution in [0.5, 0.6) is 0 Å². The molecule has 6 nitrogen and oxygen atoms in total. The lowest BCUT2D eigenvalue weighted by Crippen LogP contribution is -2.33. The van der Waals surface area contributed by atoms with Crippen LogP contribution in [0.2, 0.25) is 0 Å². The van der Waals surface area contributed by atoms with Crippen LogP contribution in [-0.4, -0.2) is 29.3 Å². The van der Waals surface area contributed by atoms with Gasteiger partial charge in [-0.05, 0) is 41.7 Å². The van der Waals surface area contributed by atoms with Crippen LogP contribution in [0, 0.1) is 11.8 Å². The number of hydrogen-bond acceptors (Lipinski definition) is 4. The maximum Gasteiger partial charge on any atom is 0.307 e. The number of hydrogen-bond donors (Lipinski definition) is 2. The van der Waals surface area contributed by atoms with E-state index in [1.165, 1.54) is 0 Å². The molecule has 0 saturated heterocycles. The van der Waals surface area contributed by atoms with E-state index in [9.17, 15) is 19.8 Å². The van der Waals surface area contributed by atoms with Crippen LogP contribution >= 0.6 is 0 Å². The Morgan fingerprint density at radius 3 is 1.88 bits per heavy atom. The second-order valence-corrected chi connectivity index (χ2v) is 7.98. The van der Waals surface area contributed by atoms with Gasteiger partial charge >= 0.3 is 11.9 Å². The van der Waals surface area contributed by atoms with E-state index in [2.05, 4.69) is 0 Å². The summed E-state index contributed by atoms with van der Waals surface area (Å²) in [6, 6.07) is 20.5. The van der Waals surface area contributed by atoms with Crippen molar-refractivity contribution in [2.24, 2.45) is 11.8 Å². The molecule has 1 aromatic heterocycles. The zero-order valence-electron chi connectivity index (χ0n) is 17.7. The van der Waals surface area contributed by atoms with Crippen molar-refractivity contribution in [3.63, 3.8) is 0 Å². The molecule has 0 aliphatic rings. The molecule has 2 atom stereocenters. The molecule has 0 aliphatic heterocycles. The lowest BCUT2D eigenvalue weighted by Gasteiger charge is -2.20. The molecule has 0 saturated carbocycles. The molecule has 0 spiro atoms. The Balaban J connectivity index is 1.64. The molecule has 4 rings (SSSR count). The summed E-state index contributed by atoms with van der Waals surface area (Å²) in [6.45, 7) is 0.483. The number of aliphatic carboxylic acids is 2. The van der Waals surface area contributed by atoms with E-state index in [0.29, 0.717) is 12.2 Å². The average molecular weight is 432 g/mol. The Bertz CT molecular complexity index is 1260. The van der Waals surface area contributed by atoms with Crippen molar-refractivity contribution in [2.75, 3.05) is 7.11 Å². The summed E-state index contributed by atoms with van der Waals surface area (Å²) in [6.07, 6.45) is 0.253. The largest absolute Gasteiger partial charge is 0.481 e. The van der Waals surface area contributed by atoms with E-state index < -0.39 is 23.8 Å². The van der Waals surface area contributed by atoms with Crippen LogP contribution < -0.4 is 0 Å². The van der Waals surface area contributed by atoms with Gasteiger partial charge in [0.15, 0.2) is 0 Å². The first-order valence-corrected chi connectivity index (χ1v) is 10.4. The molecule has 0 unspecified atom stereocenters. The highest BCUT2D eigenvalue weighted by Crippen LogP contribution is 2.32. The standard InChI is InChI=1S/C26H24O6/c1-31-15-18-8-10-20-19-9-7-17(13-23(19)32-24(20)14-18)12-22(26(29)30)21(25(27)28)11-16-5-3-2-4-6-16/h2-10,13-14,21-22H,11-12,15H2,1H3,(H,27,28)(H,29,30)/t21-,22-/m0/s1. The quantitative estimate of drug-likeness (QED) is 0.390. The van der Waals surface area contributed by atoms with Gasteiger partial charge in [0.2, 0.25) is 0 Å². The van der Waals surface area contributed by atoms with Gasteiger partial charge in [-0.25, -0.2) is 0 Å². The molecule has 0 fully saturated rings. The van der Waals surface area contributed by atoms with E-state index in [4.69, 9.17) is 9.15 Å². The fourth-order valence-corrected chi connectivity index (χ4v) is 4.17. The topological polar surface area (TPSA) is 97.0 Å². The highest BCUT2D eigenvalue weighted by Gasteiger charge is 2.34. The maximum atomic E-state index is 12.0. The summed E-state index contributed by atoms with van der Waals surface area (Å²) in [5, 5.41) is 21.5. The fourth-order valence-electron chi connectivity index (χ4n) is 4.17. The molecule has 6 heteroatoms. The van der Waals surface area contributed by atoms with Crippen molar-refractivity contribution in [2.45, 2.75) is 19.4 Å². The molecular formula is C26H24O6. The lowest BCUT2D eigenvalue weighted by atomic mass is 9.82. The minimum absolute atomic E-state index is 0.0983. The number of methoxy groups -OCH3 is 1. The minimum atomic E-state index is -1.12. The predicted octanol–water partition coefficient (Wildman–Crippen LogP) is 4.92. The van der Waals surface area contributed by atoms with Crippen molar-refractivity contribution >= 4 is 33.9 Å². The molecule has 1 heterocycles. The van der Waals surface area contributed by atoms with Crippen LogP contribution in [0.15, 0.2) is 71.1 Å². The monoisotopic (exact) mass is 432 g/mol. The Hall–Kier alpha value is -3.64. The van der Waals surface area contributed by atoms with E-state index in [0.717, 1.165) is 33.0 Å². The van der Waals surface area contributed by atoms with Crippen LogP contribution in [-0.2, 0) is 33.8 Å². The predicted molar refractivity (Wildman–Crippen MR) is 121 cm³/mol.